The van der Waals surface area contributed by atoms with Gasteiger partial charge in [-0.3, -0.25) is 4.79 Å². The summed E-state index contributed by atoms with van der Waals surface area (Å²) in [6.07, 6.45) is -0.367. The van der Waals surface area contributed by atoms with Crippen molar-refractivity contribution in [2.75, 3.05) is 6.61 Å². The van der Waals surface area contributed by atoms with Gasteiger partial charge in [0.2, 0.25) is 5.91 Å². The van der Waals surface area contributed by atoms with E-state index in [-0.39, 0.29) is 18.1 Å². The summed E-state index contributed by atoms with van der Waals surface area (Å²) >= 11 is 0. The van der Waals surface area contributed by atoms with Crippen LogP contribution in [-0.2, 0) is 9.53 Å². The quantitative estimate of drug-likeness (QED) is 0.795. The maximum absolute atomic E-state index is 12.6. The molecule has 0 aromatic heterocycles. The van der Waals surface area contributed by atoms with Crippen LogP contribution in [-0.4, -0.2) is 40.8 Å². The van der Waals surface area contributed by atoms with E-state index in [9.17, 15) is 14.7 Å². The van der Waals surface area contributed by atoms with Crippen LogP contribution >= 0.6 is 0 Å². The Morgan fingerprint density at radius 1 is 1.47 bits per heavy atom. The average molecular weight is 269 g/mol. The molecular weight excluding hydrogens is 246 g/mol. The van der Waals surface area contributed by atoms with Gasteiger partial charge in [-0.1, -0.05) is 26.8 Å². The maximum atomic E-state index is 12.6. The number of aliphatic hydroxyl groups is 1. The second kappa shape index (κ2) is 4.96. The summed E-state index contributed by atoms with van der Waals surface area (Å²) in [5, 5.41) is 9.87. The Morgan fingerprint density at radius 2 is 2.00 bits per heavy atom. The van der Waals surface area contributed by atoms with Gasteiger partial charge in [0.25, 0.3) is 0 Å². The number of amides is 2. The van der Waals surface area contributed by atoms with Crippen LogP contribution in [0, 0.1) is 10.8 Å². The van der Waals surface area contributed by atoms with E-state index in [0.29, 0.717) is 0 Å². The minimum Gasteiger partial charge on any atom is -0.447 e. The van der Waals surface area contributed by atoms with Gasteiger partial charge >= 0.3 is 6.09 Å². The van der Waals surface area contributed by atoms with Gasteiger partial charge in [-0.25, -0.2) is 9.69 Å². The molecule has 5 nitrogen and oxygen atoms in total. The van der Waals surface area contributed by atoms with E-state index in [4.69, 9.17) is 4.74 Å². The lowest BCUT2D eigenvalue weighted by atomic mass is 9.81. The molecule has 0 radical (unpaired) electrons. The molecule has 0 spiro atoms. The number of imide groups is 1. The summed E-state index contributed by atoms with van der Waals surface area (Å²) in [6.45, 7) is 12.7. The minimum atomic E-state index is -1.12. The molecule has 108 valence electrons. The molecule has 2 amide bonds. The fourth-order valence-corrected chi connectivity index (χ4v) is 2.01. The van der Waals surface area contributed by atoms with Crippen molar-refractivity contribution in [3.63, 3.8) is 0 Å². The Labute approximate surface area is 114 Å². The lowest BCUT2D eigenvalue weighted by Gasteiger charge is -2.36. The minimum absolute atomic E-state index is 0.189. The van der Waals surface area contributed by atoms with Crippen molar-refractivity contribution < 1.29 is 19.4 Å². The van der Waals surface area contributed by atoms with E-state index >= 15 is 0 Å². The molecule has 0 aromatic rings. The van der Waals surface area contributed by atoms with Crippen LogP contribution in [0.15, 0.2) is 12.7 Å². The molecule has 19 heavy (non-hydrogen) atoms. The zero-order valence-electron chi connectivity index (χ0n) is 12.3. The summed E-state index contributed by atoms with van der Waals surface area (Å²) in [5.74, 6) is -0.442. The zero-order chi connectivity index (χ0) is 15.0. The van der Waals surface area contributed by atoms with E-state index in [2.05, 4.69) is 6.58 Å². The highest BCUT2D eigenvalue weighted by atomic mass is 16.6. The van der Waals surface area contributed by atoms with Crippen LogP contribution in [0.2, 0.25) is 0 Å². The molecule has 1 N–H and O–H groups in total. The third-order valence-corrected chi connectivity index (χ3v) is 3.61. The first kappa shape index (κ1) is 15.7. The van der Waals surface area contributed by atoms with Gasteiger partial charge in [0.1, 0.15) is 6.61 Å². The molecule has 1 aliphatic heterocycles. The van der Waals surface area contributed by atoms with Gasteiger partial charge < -0.3 is 9.84 Å². The molecule has 1 aliphatic rings. The topological polar surface area (TPSA) is 66.8 Å². The summed E-state index contributed by atoms with van der Waals surface area (Å²) in [4.78, 5) is 25.5. The number of carbonyl (C=O) groups is 2. The Kier molecular flexibility index (Phi) is 4.10. The first-order chi connectivity index (χ1) is 8.53. The highest BCUT2D eigenvalue weighted by molar-refractivity contribution is 5.97. The van der Waals surface area contributed by atoms with Gasteiger partial charge in [-0.2, -0.15) is 0 Å². The highest BCUT2D eigenvalue weighted by Crippen LogP contribution is 2.34. The van der Waals surface area contributed by atoms with Gasteiger partial charge in [0.15, 0.2) is 0 Å². The number of carbonyl (C=O) groups excluding carboxylic acids is 2. The molecule has 0 saturated carbocycles. The average Bonchev–Trinajstić information content (AvgIpc) is 2.68. The second-order valence-electron chi connectivity index (χ2n) is 6.54. The van der Waals surface area contributed by atoms with Crippen LogP contribution in [0.4, 0.5) is 4.79 Å². The van der Waals surface area contributed by atoms with Crippen LogP contribution in [0.25, 0.3) is 0 Å². The first-order valence-corrected chi connectivity index (χ1v) is 6.34. The standard InChI is InChI=1S/C14H23NO4/c1-7-10(16)14(5,6)11(17)15-9(13(2,3)4)8-19-12(15)18/h7,9-10,16H,1,8H2,2-6H3/t9-,10-/m1/s1. The number of cyclic esters (lactones) is 1. The van der Waals surface area contributed by atoms with E-state index < -0.39 is 23.5 Å². The summed E-state index contributed by atoms with van der Waals surface area (Å²) in [5.41, 5.74) is -1.40. The smallest absolute Gasteiger partial charge is 0.417 e. The molecule has 1 fully saturated rings. The number of aliphatic hydroxyl groups excluding tert-OH is 1. The van der Waals surface area contributed by atoms with Crippen molar-refractivity contribution in [2.24, 2.45) is 10.8 Å². The van der Waals surface area contributed by atoms with Crippen LogP contribution in [0.3, 0.4) is 0 Å². The number of hydrogen-bond donors (Lipinski definition) is 1. The Bertz CT molecular complexity index is 395. The molecular formula is C14H23NO4. The van der Waals surface area contributed by atoms with Crippen molar-refractivity contribution in [1.82, 2.24) is 4.90 Å². The maximum Gasteiger partial charge on any atom is 0.417 e. The summed E-state index contributed by atoms with van der Waals surface area (Å²) in [6, 6.07) is -0.330. The number of ether oxygens (including phenoxy) is 1. The number of nitrogens with zero attached hydrogens (tertiary/aromatic N) is 1. The Hall–Kier alpha value is -1.36. The van der Waals surface area contributed by atoms with Gasteiger partial charge in [-0.05, 0) is 19.3 Å². The van der Waals surface area contributed by atoms with Gasteiger partial charge in [0.05, 0.1) is 17.6 Å². The van der Waals surface area contributed by atoms with Crippen LogP contribution in [0.1, 0.15) is 34.6 Å². The Balaban J connectivity index is 3.09. The van der Waals surface area contributed by atoms with E-state index in [1.165, 1.54) is 6.08 Å². The van der Waals surface area contributed by atoms with Crippen molar-refractivity contribution >= 4 is 12.0 Å². The predicted molar refractivity (Wildman–Crippen MR) is 71.4 cm³/mol. The number of rotatable bonds is 3. The van der Waals surface area contributed by atoms with Crippen LogP contribution in [0.5, 0.6) is 0 Å². The van der Waals surface area contributed by atoms with Crippen molar-refractivity contribution in [3.8, 4) is 0 Å². The van der Waals surface area contributed by atoms with Gasteiger partial charge in [-0.15, -0.1) is 6.58 Å². The first-order valence-electron chi connectivity index (χ1n) is 6.34. The molecule has 0 unspecified atom stereocenters. The van der Waals surface area contributed by atoms with Gasteiger partial charge in [0, 0.05) is 0 Å². The van der Waals surface area contributed by atoms with E-state index in [1.807, 2.05) is 20.8 Å². The van der Waals surface area contributed by atoms with Crippen LogP contribution < -0.4 is 0 Å². The monoisotopic (exact) mass is 269 g/mol. The molecule has 0 aromatic carbocycles. The Morgan fingerprint density at radius 3 is 2.42 bits per heavy atom. The molecule has 2 atom stereocenters. The molecule has 1 heterocycles. The van der Waals surface area contributed by atoms with E-state index in [0.717, 1.165) is 4.90 Å². The lowest BCUT2D eigenvalue weighted by Crippen LogP contribution is -2.53. The highest BCUT2D eigenvalue weighted by Gasteiger charge is 2.49. The molecule has 1 rings (SSSR count). The lowest BCUT2D eigenvalue weighted by molar-refractivity contribution is -0.144. The number of hydrogen-bond acceptors (Lipinski definition) is 4. The second-order valence-corrected chi connectivity index (χ2v) is 6.54. The summed E-state index contributed by atoms with van der Waals surface area (Å²) in [7, 11) is 0. The third-order valence-electron chi connectivity index (χ3n) is 3.61. The fourth-order valence-electron chi connectivity index (χ4n) is 2.01. The molecule has 1 saturated heterocycles. The molecule has 0 aliphatic carbocycles. The van der Waals surface area contributed by atoms with Crippen molar-refractivity contribution in [1.29, 1.82) is 0 Å². The summed E-state index contributed by atoms with van der Waals surface area (Å²) < 4.78 is 4.99. The fraction of sp³-hybridized carbons (Fsp3) is 0.714. The molecule has 5 heteroatoms. The van der Waals surface area contributed by atoms with Crippen molar-refractivity contribution in [2.45, 2.75) is 46.8 Å². The van der Waals surface area contributed by atoms with E-state index in [1.54, 1.807) is 13.8 Å². The largest absolute Gasteiger partial charge is 0.447 e. The predicted octanol–water partition coefficient (Wildman–Crippen LogP) is 1.95. The zero-order valence-corrected chi connectivity index (χ0v) is 12.3. The SMILES string of the molecule is C=C[C@@H](O)C(C)(C)C(=O)N1C(=O)OC[C@@H]1C(C)(C)C. The normalized spacial score (nSPS) is 22.1. The third kappa shape index (κ3) is 2.81. The molecule has 0 bridgehead atoms. The van der Waals surface area contributed by atoms with Crippen molar-refractivity contribution in [3.05, 3.63) is 12.7 Å².